The smallest absolute Gasteiger partial charge is 0.255 e. The van der Waals surface area contributed by atoms with Crippen molar-refractivity contribution in [3.63, 3.8) is 0 Å². The first-order valence-corrected chi connectivity index (χ1v) is 11.2. The van der Waals surface area contributed by atoms with Gasteiger partial charge in [-0.25, -0.2) is 0 Å². The lowest BCUT2D eigenvalue weighted by molar-refractivity contribution is 0.0987. The maximum atomic E-state index is 13.1. The molecular formula is C29H26N2O3. The van der Waals surface area contributed by atoms with Crippen molar-refractivity contribution in [3.05, 3.63) is 114 Å². The number of aromatic nitrogens is 1. The van der Waals surface area contributed by atoms with Crippen molar-refractivity contribution in [1.29, 1.82) is 0 Å². The fourth-order valence-corrected chi connectivity index (χ4v) is 3.76. The van der Waals surface area contributed by atoms with Crippen LogP contribution >= 0.6 is 0 Å². The summed E-state index contributed by atoms with van der Waals surface area (Å²) in [4.78, 5) is 30.2. The Balaban J connectivity index is 1.50. The molecule has 0 atom stereocenters. The molecule has 170 valence electrons. The third-order valence-electron chi connectivity index (χ3n) is 5.62. The van der Waals surface area contributed by atoms with Gasteiger partial charge in [0.05, 0.1) is 12.7 Å². The third-order valence-corrected chi connectivity index (χ3v) is 5.62. The minimum atomic E-state index is -0.245. The van der Waals surface area contributed by atoms with Gasteiger partial charge >= 0.3 is 0 Å². The molecule has 5 heteroatoms. The van der Waals surface area contributed by atoms with Gasteiger partial charge in [-0.3, -0.25) is 14.6 Å². The molecule has 0 aliphatic carbocycles. The molecule has 0 saturated heterocycles. The molecule has 0 fully saturated rings. The van der Waals surface area contributed by atoms with Crippen LogP contribution in [0.4, 0.5) is 5.69 Å². The second kappa shape index (κ2) is 10.6. The van der Waals surface area contributed by atoms with Crippen LogP contribution < -0.4 is 10.1 Å². The van der Waals surface area contributed by atoms with Crippen LogP contribution in [0.5, 0.6) is 5.75 Å². The maximum absolute atomic E-state index is 13.1. The lowest BCUT2D eigenvalue weighted by atomic mass is 10.0. The van der Waals surface area contributed by atoms with Crippen LogP contribution in [0.3, 0.4) is 0 Å². The average molecular weight is 451 g/mol. The number of nitrogens with one attached hydrogen (secondary N) is 1. The molecule has 0 aliphatic rings. The van der Waals surface area contributed by atoms with Crippen molar-refractivity contribution in [1.82, 2.24) is 4.98 Å². The molecule has 4 aromatic rings. The van der Waals surface area contributed by atoms with E-state index in [1.165, 1.54) is 7.11 Å². The number of nitrogens with zero attached hydrogens (tertiary/aromatic N) is 1. The molecule has 34 heavy (non-hydrogen) atoms. The van der Waals surface area contributed by atoms with E-state index in [0.29, 0.717) is 22.6 Å². The number of benzene rings is 3. The van der Waals surface area contributed by atoms with E-state index in [1.54, 1.807) is 36.5 Å². The van der Waals surface area contributed by atoms with E-state index >= 15 is 0 Å². The third kappa shape index (κ3) is 5.38. The number of pyridine rings is 1. The molecule has 1 amide bonds. The zero-order valence-corrected chi connectivity index (χ0v) is 19.2. The molecule has 0 saturated carbocycles. The molecule has 1 aromatic heterocycles. The minimum absolute atomic E-state index is 0.0894. The van der Waals surface area contributed by atoms with Gasteiger partial charge < -0.3 is 10.1 Å². The first-order valence-electron chi connectivity index (χ1n) is 11.2. The highest BCUT2D eigenvalue weighted by atomic mass is 16.5. The number of carbonyl (C=O) groups excluding carboxylic acids is 2. The van der Waals surface area contributed by atoms with Gasteiger partial charge in [0.25, 0.3) is 5.91 Å². The van der Waals surface area contributed by atoms with E-state index < -0.39 is 0 Å². The Morgan fingerprint density at radius 3 is 2.32 bits per heavy atom. The van der Waals surface area contributed by atoms with Crippen molar-refractivity contribution in [3.8, 4) is 16.9 Å². The summed E-state index contributed by atoms with van der Waals surface area (Å²) in [6, 6.07) is 26.3. The predicted molar refractivity (Wildman–Crippen MR) is 134 cm³/mol. The highest BCUT2D eigenvalue weighted by Crippen LogP contribution is 2.25. The van der Waals surface area contributed by atoms with Crippen molar-refractivity contribution >= 4 is 17.4 Å². The van der Waals surface area contributed by atoms with E-state index in [9.17, 15) is 9.59 Å². The number of ketones is 1. The van der Waals surface area contributed by atoms with Gasteiger partial charge in [0.15, 0.2) is 5.78 Å². The van der Waals surface area contributed by atoms with Gasteiger partial charge in [0, 0.05) is 29.6 Å². The van der Waals surface area contributed by atoms with Gasteiger partial charge in [0.1, 0.15) is 5.75 Å². The van der Waals surface area contributed by atoms with E-state index in [1.807, 2.05) is 61.5 Å². The number of hydrogen-bond donors (Lipinski definition) is 1. The number of Topliss-reactive ketones (excluding diaryl/α,β-unsaturated/α-hetero) is 1. The van der Waals surface area contributed by atoms with Gasteiger partial charge in [0.2, 0.25) is 0 Å². The Labute approximate surface area is 199 Å². The molecule has 1 heterocycles. The van der Waals surface area contributed by atoms with E-state index in [2.05, 4.69) is 10.3 Å². The van der Waals surface area contributed by atoms with Crippen LogP contribution in [0, 0.1) is 0 Å². The molecule has 3 aromatic carbocycles. The number of hydrogen-bond acceptors (Lipinski definition) is 4. The van der Waals surface area contributed by atoms with Crippen molar-refractivity contribution < 1.29 is 14.3 Å². The molecule has 4 rings (SSSR count). The normalized spacial score (nSPS) is 10.5. The van der Waals surface area contributed by atoms with E-state index in [0.717, 1.165) is 28.8 Å². The van der Waals surface area contributed by atoms with Crippen LogP contribution in [0.15, 0.2) is 91.1 Å². The average Bonchev–Trinajstić information content (AvgIpc) is 2.89. The molecule has 0 unspecified atom stereocenters. The molecule has 0 radical (unpaired) electrons. The monoisotopic (exact) mass is 450 g/mol. The quantitative estimate of drug-likeness (QED) is 0.335. The minimum Gasteiger partial charge on any atom is -0.496 e. The fourth-order valence-electron chi connectivity index (χ4n) is 3.76. The number of rotatable bonds is 8. The molecule has 0 bridgehead atoms. The summed E-state index contributed by atoms with van der Waals surface area (Å²) >= 11 is 0. The number of carbonyl (C=O) groups is 2. The molecule has 1 N–H and O–H groups in total. The van der Waals surface area contributed by atoms with Gasteiger partial charge in [-0.1, -0.05) is 49.4 Å². The van der Waals surface area contributed by atoms with E-state index in [4.69, 9.17) is 4.74 Å². The van der Waals surface area contributed by atoms with Crippen LogP contribution in [-0.4, -0.2) is 23.8 Å². The first-order chi connectivity index (χ1) is 16.6. The summed E-state index contributed by atoms with van der Waals surface area (Å²) in [7, 11) is 1.53. The standard InChI is InChI=1S/C29H26N2O3/c1-3-24-17-20(15-16-30-24)18-27(32)26-19-25(13-14-28(26)34-2)31-29(33)23-11-9-22(10-12-23)21-7-5-4-6-8-21/h4-17,19H,3,18H2,1-2H3,(H,31,33). The lowest BCUT2D eigenvalue weighted by Gasteiger charge is -2.12. The maximum Gasteiger partial charge on any atom is 0.255 e. The summed E-state index contributed by atoms with van der Waals surface area (Å²) < 4.78 is 5.40. The summed E-state index contributed by atoms with van der Waals surface area (Å²) in [5.41, 5.74) is 5.46. The summed E-state index contributed by atoms with van der Waals surface area (Å²) in [6.45, 7) is 2.03. The lowest BCUT2D eigenvalue weighted by Crippen LogP contribution is -2.13. The number of aryl methyl sites for hydroxylation is 1. The van der Waals surface area contributed by atoms with Crippen molar-refractivity contribution in [2.45, 2.75) is 19.8 Å². The highest BCUT2D eigenvalue weighted by molar-refractivity contribution is 6.06. The Kier molecular flexibility index (Phi) is 7.13. The second-order valence-electron chi connectivity index (χ2n) is 7.92. The Bertz CT molecular complexity index is 1300. The Hall–Kier alpha value is -4.25. The zero-order chi connectivity index (χ0) is 23.9. The van der Waals surface area contributed by atoms with Crippen LogP contribution in [-0.2, 0) is 12.8 Å². The SMILES string of the molecule is CCc1cc(CC(=O)c2cc(NC(=O)c3ccc(-c4ccccc4)cc3)ccc2OC)ccn1. The van der Waals surface area contributed by atoms with Crippen LogP contribution in [0.25, 0.3) is 11.1 Å². The van der Waals surface area contributed by atoms with Gasteiger partial charge in [-0.2, -0.15) is 0 Å². The first kappa shape index (κ1) is 22.9. The second-order valence-corrected chi connectivity index (χ2v) is 7.92. The fraction of sp³-hybridized carbons (Fsp3) is 0.138. The van der Waals surface area contributed by atoms with Crippen molar-refractivity contribution in [2.24, 2.45) is 0 Å². The Morgan fingerprint density at radius 2 is 1.62 bits per heavy atom. The van der Waals surface area contributed by atoms with Gasteiger partial charge in [-0.05, 0) is 65.6 Å². The molecule has 0 aliphatic heterocycles. The van der Waals surface area contributed by atoms with Crippen LogP contribution in [0.2, 0.25) is 0 Å². The molecular weight excluding hydrogens is 424 g/mol. The topological polar surface area (TPSA) is 68.3 Å². The van der Waals surface area contributed by atoms with Gasteiger partial charge in [-0.15, -0.1) is 0 Å². The highest BCUT2D eigenvalue weighted by Gasteiger charge is 2.16. The number of amides is 1. The number of ether oxygens (including phenoxy) is 1. The number of anilines is 1. The molecule has 0 spiro atoms. The van der Waals surface area contributed by atoms with Crippen molar-refractivity contribution in [2.75, 3.05) is 12.4 Å². The largest absolute Gasteiger partial charge is 0.496 e. The van der Waals surface area contributed by atoms with Crippen LogP contribution in [0.1, 0.15) is 38.9 Å². The predicted octanol–water partition coefficient (Wildman–Crippen LogP) is 6.00. The number of methoxy groups -OCH3 is 1. The Morgan fingerprint density at radius 1 is 0.882 bits per heavy atom. The summed E-state index contributed by atoms with van der Waals surface area (Å²) in [6.07, 6.45) is 2.75. The summed E-state index contributed by atoms with van der Waals surface area (Å²) in [5, 5.41) is 2.89. The summed E-state index contributed by atoms with van der Waals surface area (Å²) in [5.74, 6) is 0.137. The molecule has 5 nitrogen and oxygen atoms in total. The van der Waals surface area contributed by atoms with E-state index in [-0.39, 0.29) is 18.1 Å². The zero-order valence-electron chi connectivity index (χ0n) is 19.2.